The van der Waals surface area contributed by atoms with Crippen LogP contribution in [0.2, 0.25) is 0 Å². The summed E-state index contributed by atoms with van der Waals surface area (Å²) in [5.41, 5.74) is 0. The Hall–Kier alpha value is -0.610. The van der Waals surface area contributed by atoms with E-state index in [0.717, 1.165) is 13.0 Å². The molecule has 0 aromatic carbocycles. The zero-order valence-corrected chi connectivity index (χ0v) is 10.0. The van der Waals surface area contributed by atoms with E-state index in [-0.39, 0.29) is 18.6 Å². The molecular formula is C11H24N2O2. The number of aliphatic hydroxyl groups is 1. The summed E-state index contributed by atoms with van der Waals surface area (Å²) in [6.45, 7) is 7.07. The number of aliphatic hydroxyl groups excluding tert-OH is 1. The first-order valence-electron chi connectivity index (χ1n) is 5.70. The lowest BCUT2D eigenvalue weighted by Crippen LogP contribution is -2.33. The van der Waals surface area contributed by atoms with Crippen molar-refractivity contribution in [2.75, 3.05) is 13.2 Å². The van der Waals surface area contributed by atoms with E-state index >= 15 is 0 Å². The number of amides is 1. The second kappa shape index (κ2) is 8.68. The summed E-state index contributed by atoms with van der Waals surface area (Å²) in [4.78, 5) is 11.4. The highest BCUT2D eigenvalue weighted by atomic mass is 16.3. The van der Waals surface area contributed by atoms with Crippen LogP contribution in [0.4, 0.5) is 0 Å². The summed E-state index contributed by atoms with van der Waals surface area (Å²) in [5, 5.41) is 14.8. The van der Waals surface area contributed by atoms with Gasteiger partial charge in [-0.05, 0) is 26.3 Å². The number of hydrogen-bond acceptors (Lipinski definition) is 3. The lowest BCUT2D eigenvalue weighted by Gasteiger charge is -2.12. The smallest absolute Gasteiger partial charge is 0.220 e. The molecule has 0 aromatic heterocycles. The van der Waals surface area contributed by atoms with Gasteiger partial charge in [-0.25, -0.2) is 0 Å². The van der Waals surface area contributed by atoms with Gasteiger partial charge in [0.25, 0.3) is 0 Å². The van der Waals surface area contributed by atoms with Crippen molar-refractivity contribution in [3.05, 3.63) is 0 Å². The number of hydrogen-bond donors (Lipinski definition) is 3. The fraction of sp³-hybridized carbons (Fsp3) is 0.909. The van der Waals surface area contributed by atoms with Crippen molar-refractivity contribution in [2.45, 2.75) is 52.1 Å². The summed E-state index contributed by atoms with van der Waals surface area (Å²) in [6, 6.07) is 0.543. The molecule has 0 radical (unpaired) electrons. The monoisotopic (exact) mass is 216 g/mol. The van der Waals surface area contributed by atoms with E-state index in [9.17, 15) is 4.79 Å². The summed E-state index contributed by atoms with van der Waals surface area (Å²) in [5.74, 6) is 0.0708. The lowest BCUT2D eigenvalue weighted by atomic mass is 10.2. The third kappa shape index (κ3) is 9.69. The minimum Gasteiger partial charge on any atom is -0.396 e. The molecule has 4 nitrogen and oxygen atoms in total. The molecule has 0 bridgehead atoms. The molecule has 1 amide bonds. The quantitative estimate of drug-likeness (QED) is 0.522. The molecular weight excluding hydrogens is 192 g/mol. The van der Waals surface area contributed by atoms with Crippen LogP contribution in [-0.4, -0.2) is 36.2 Å². The minimum atomic E-state index is 0.0700. The van der Waals surface area contributed by atoms with E-state index in [1.54, 1.807) is 0 Å². The fourth-order valence-corrected chi connectivity index (χ4v) is 1.25. The van der Waals surface area contributed by atoms with Crippen LogP contribution in [-0.2, 0) is 4.79 Å². The standard InChI is InChI=1S/C11H24N2O2/c1-9(2)12-7-4-5-11(15)13-10(3)6-8-14/h9-10,12,14H,4-8H2,1-3H3,(H,13,15). The predicted octanol–water partition coefficient (Wildman–Crippen LogP) is 0.652. The van der Waals surface area contributed by atoms with Crippen LogP contribution < -0.4 is 10.6 Å². The van der Waals surface area contributed by atoms with Gasteiger partial charge in [-0.2, -0.15) is 0 Å². The van der Waals surface area contributed by atoms with Gasteiger partial charge in [-0.1, -0.05) is 13.8 Å². The van der Waals surface area contributed by atoms with Crippen LogP contribution in [0.3, 0.4) is 0 Å². The SMILES string of the molecule is CC(C)NCCCC(=O)NC(C)CCO. The van der Waals surface area contributed by atoms with E-state index < -0.39 is 0 Å². The summed E-state index contributed by atoms with van der Waals surface area (Å²) >= 11 is 0. The Morgan fingerprint density at radius 2 is 2.00 bits per heavy atom. The Morgan fingerprint density at radius 3 is 2.53 bits per heavy atom. The highest BCUT2D eigenvalue weighted by Gasteiger charge is 2.05. The predicted molar refractivity (Wildman–Crippen MR) is 61.7 cm³/mol. The first kappa shape index (κ1) is 14.4. The Balaban J connectivity index is 3.40. The van der Waals surface area contributed by atoms with Crippen LogP contribution in [0.15, 0.2) is 0 Å². The van der Waals surface area contributed by atoms with E-state index in [2.05, 4.69) is 24.5 Å². The maximum absolute atomic E-state index is 11.4. The van der Waals surface area contributed by atoms with Gasteiger partial charge in [0.2, 0.25) is 5.91 Å². The van der Waals surface area contributed by atoms with Crippen molar-refractivity contribution in [1.82, 2.24) is 10.6 Å². The molecule has 1 unspecified atom stereocenters. The van der Waals surface area contributed by atoms with E-state index in [1.165, 1.54) is 0 Å². The second-order valence-electron chi connectivity index (χ2n) is 4.19. The van der Waals surface area contributed by atoms with Gasteiger partial charge >= 0.3 is 0 Å². The van der Waals surface area contributed by atoms with Crippen LogP contribution in [0.25, 0.3) is 0 Å². The van der Waals surface area contributed by atoms with Gasteiger partial charge in [0.05, 0.1) is 0 Å². The maximum Gasteiger partial charge on any atom is 0.220 e. The van der Waals surface area contributed by atoms with Crippen LogP contribution in [0, 0.1) is 0 Å². The van der Waals surface area contributed by atoms with Gasteiger partial charge in [0.15, 0.2) is 0 Å². The van der Waals surface area contributed by atoms with Crippen LogP contribution >= 0.6 is 0 Å². The molecule has 0 fully saturated rings. The van der Waals surface area contributed by atoms with Gasteiger partial charge in [0.1, 0.15) is 0 Å². The summed E-state index contributed by atoms with van der Waals surface area (Å²) in [7, 11) is 0. The lowest BCUT2D eigenvalue weighted by molar-refractivity contribution is -0.121. The van der Waals surface area contributed by atoms with Crippen LogP contribution in [0.1, 0.15) is 40.0 Å². The van der Waals surface area contributed by atoms with Gasteiger partial charge < -0.3 is 15.7 Å². The molecule has 15 heavy (non-hydrogen) atoms. The largest absolute Gasteiger partial charge is 0.396 e. The van der Waals surface area contributed by atoms with Crippen molar-refractivity contribution >= 4 is 5.91 Å². The molecule has 4 heteroatoms. The van der Waals surface area contributed by atoms with Crippen molar-refractivity contribution < 1.29 is 9.90 Å². The molecule has 0 saturated heterocycles. The zero-order valence-electron chi connectivity index (χ0n) is 10.0. The molecule has 0 aliphatic carbocycles. The van der Waals surface area contributed by atoms with E-state index in [4.69, 9.17) is 5.11 Å². The first-order chi connectivity index (χ1) is 7.06. The molecule has 1 atom stereocenters. The average Bonchev–Trinajstić information content (AvgIpc) is 2.12. The van der Waals surface area contributed by atoms with Crippen molar-refractivity contribution in [1.29, 1.82) is 0 Å². The molecule has 3 N–H and O–H groups in total. The molecule has 90 valence electrons. The van der Waals surface area contributed by atoms with Crippen molar-refractivity contribution in [3.8, 4) is 0 Å². The first-order valence-corrected chi connectivity index (χ1v) is 5.70. The van der Waals surface area contributed by atoms with Gasteiger partial charge in [-0.3, -0.25) is 4.79 Å². The third-order valence-electron chi connectivity index (χ3n) is 2.10. The number of carbonyl (C=O) groups excluding carboxylic acids is 1. The van der Waals surface area contributed by atoms with E-state index in [0.29, 0.717) is 18.9 Å². The van der Waals surface area contributed by atoms with Gasteiger partial charge in [0, 0.05) is 25.1 Å². The zero-order chi connectivity index (χ0) is 11.7. The summed E-state index contributed by atoms with van der Waals surface area (Å²) < 4.78 is 0. The average molecular weight is 216 g/mol. The highest BCUT2D eigenvalue weighted by Crippen LogP contribution is 1.93. The second-order valence-corrected chi connectivity index (χ2v) is 4.19. The fourth-order valence-electron chi connectivity index (χ4n) is 1.25. The third-order valence-corrected chi connectivity index (χ3v) is 2.10. The van der Waals surface area contributed by atoms with E-state index in [1.807, 2.05) is 6.92 Å². The molecule has 0 saturated carbocycles. The Bertz CT molecular complexity index is 172. The Labute approximate surface area is 92.4 Å². The van der Waals surface area contributed by atoms with Crippen molar-refractivity contribution in [3.63, 3.8) is 0 Å². The number of carbonyl (C=O) groups is 1. The molecule has 0 heterocycles. The van der Waals surface area contributed by atoms with Gasteiger partial charge in [-0.15, -0.1) is 0 Å². The molecule has 0 aliphatic heterocycles. The van der Waals surface area contributed by atoms with Crippen molar-refractivity contribution in [2.24, 2.45) is 0 Å². The van der Waals surface area contributed by atoms with Crippen LogP contribution in [0.5, 0.6) is 0 Å². The highest BCUT2D eigenvalue weighted by molar-refractivity contribution is 5.76. The molecule has 0 rings (SSSR count). The molecule has 0 aliphatic rings. The number of rotatable bonds is 8. The Kier molecular flexibility index (Phi) is 8.33. The number of nitrogens with one attached hydrogen (secondary N) is 2. The minimum absolute atomic E-state index is 0.0700. The molecule has 0 spiro atoms. The normalized spacial score (nSPS) is 12.9. The maximum atomic E-state index is 11.4. The molecule has 0 aromatic rings. The Morgan fingerprint density at radius 1 is 1.33 bits per heavy atom. The summed E-state index contributed by atoms with van der Waals surface area (Å²) in [6.07, 6.45) is 2.03. The topological polar surface area (TPSA) is 61.4 Å².